The highest BCUT2D eigenvalue weighted by molar-refractivity contribution is 5.15. The van der Waals surface area contributed by atoms with Gasteiger partial charge in [-0.25, -0.2) is 0 Å². The van der Waals surface area contributed by atoms with Gasteiger partial charge in [0.2, 0.25) is 0 Å². The number of rotatable bonds is 7. The molecule has 0 bridgehead atoms. The molecule has 1 N–H and O–H groups in total. The van der Waals surface area contributed by atoms with Gasteiger partial charge >= 0.3 is 0 Å². The Kier molecular flexibility index (Phi) is 6.29. The molecule has 86 valence electrons. The molecule has 0 heterocycles. The van der Waals surface area contributed by atoms with Crippen molar-refractivity contribution in [1.29, 1.82) is 5.26 Å². The summed E-state index contributed by atoms with van der Waals surface area (Å²) in [5, 5.41) is 11.9. The van der Waals surface area contributed by atoms with E-state index in [4.69, 9.17) is 5.26 Å². The van der Waals surface area contributed by atoms with E-state index in [1.165, 1.54) is 5.56 Å². The fraction of sp³-hybridized carbons (Fsp3) is 0.500. The molecule has 1 aromatic carbocycles. The number of nitrogens with one attached hydrogen (secondary N) is 1. The maximum absolute atomic E-state index is 8.40. The fourth-order valence-corrected chi connectivity index (χ4v) is 1.72. The molecule has 0 aliphatic rings. The van der Waals surface area contributed by atoms with Crippen LogP contribution in [0.15, 0.2) is 30.3 Å². The summed E-state index contributed by atoms with van der Waals surface area (Å²) >= 11 is 0. The molecule has 1 atom stereocenters. The lowest BCUT2D eigenvalue weighted by Gasteiger charge is -2.13. The van der Waals surface area contributed by atoms with E-state index in [2.05, 4.69) is 42.6 Å². The third kappa shape index (κ3) is 5.53. The molecule has 0 fully saturated rings. The van der Waals surface area contributed by atoms with Gasteiger partial charge in [0.05, 0.1) is 6.07 Å². The van der Waals surface area contributed by atoms with Gasteiger partial charge in [0.15, 0.2) is 0 Å². The standard InChI is InChI=1S/C14H20N2/c1-13(16-11-7-3-6-10-15)12-14-8-4-2-5-9-14/h2,4-5,8-9,13,16H,3,6-7,11-12H2,1H3. The van der Waals surface area contributed by atoms with Crippen molar-refractivity contribution in [2.45, 2.75) is 38.6 Å². The smallest absolute Gasteiger partial charge is 0.0621 e. The largest absolute Gasteiger partial charge is 0.314 e. The molecule has 1 aromatic rings. The van der Waals surface area contributed by atoms with Crippen LogP contribution in [0.25, 0.3) is 0 Å². The Balaban J connectivity index is 2.12. The topological polar surface area (TPSA) is 35.8 Å². The van der Waals surface area contributed by atoms with Crippen LogP contribution in [0.5, 0.6) is 0 Å². The van der Waals surface area contributed by atoms with Gasteiger partial charge < -0.3 is 5.32 Å². The van der Waals surface area contributed by atoms with Crippen LogP contribution in [-0.4, -0.2) is 12.6 Å². The first kappa shape index (κ1) is 12.7. The average Bonchev–Trinajstić information content (AvgIpc) is 2.30. The fourth-order valence-electron chi connectivity index (χ4n) is 1.72. The van der Waals surface area contributed by atoms with Crippen LogP contribution in [0, 0.1) is 11.3 Å². The quantitative estimate of drug-likeness (QED) is 0.711. The van der Waals surface area contributed by atoms with Gasteiger partial charge in [0, 0.05) is 12.5 Å². The predicted molar refractivity (Wildman–Crippen MR) is 67.1 cm³/mol. The van der Waals surface area contributed by atoms with Crippen molar-refractivity contribution in [3.05, 3.63) is 35.9 Å². The molecule has 0 spiro atoms. The van der Waals surface area contributed by atoms with Crippen molar-refractivity contribution in [3.8, 4) is 6.07 Å². The van der Waals surface area contributed by atoms with Crippen molar-refractivity contribution in [2.75, 3.05) is 6.54 Å². The van der Waals surface area contributed by atoms with Crippen LogP contribution in [0.2, 0.25) is 0 Å². The second kappa shape index (κ2) is 7.90. The number of nitrogens with zero attached hydrogens (tertiary/aromatic N) is 1. The normalized spacial score (nSPS) is 12.0. The molecular formula is C14H20N2. The Bertz CT molecular complexity index is 313. The van der Waals surface area contributed by atoms with Crippen molar-refractivity contribution < 1.29 is 0 Å². The minimum atomic E-state index is 0.504. The van der Waals surface area contributed by atoms with Crippen molar-refractivity contribution in [3.63, 3.8) is 0 Å². The van der Waals surface area contributed by atoms with E-state index in [9.17, 15) is 0 Å². The first-order valence-electron chi connectivity index (χ1n) is 5.97. The Hall–Kier alpha value is -1.33. The monoisotopic (exact) mass is 216 g/mol. The molecule has 1 rings (SSSR count). The zero-order chi connectivity index (χ0) is 11.6. The van der Waals surface area contributed by atoms with Crippen LogP contribution >= 0.6 is 0 Å². The zero-order valence-electron chi connectivity index (χ0n) is 9.95. The Morgan fingerprint density at radius 2 is 2.00 bits per heavy atom. The summed E-state index contributed by atoms with van der Waals surface area (Å²) in [6, 6.07) is 13.2. The van der Waals surface area contributed by atoms with Crippen LogP contribution in [0.3, 0.4) is 0 Å². The number of benzene rings is 1. The molecule has 0 aromatic heterocycles. The van der Waals surface area contributed by atoms with E-state index in [1.54, 1.807) is 0 Å². The van der Waals surface area contributed by atoms with Gasteiger partial charge in [-0.05, 0) is 38.3 Å². The van der Waals surface area contributed by atoms with Gasteiger partial charge in [-0.2, -0.15) is 5.26 Å². The third-order valence-electron chi connectivity index (χ3n) is 2.59. The Morgan fingerprint density at radius 1 is 1.25 bits per heavy atom. The van der Waals surface area contributed by atoms with Crippen LogP contribution < -0.4 is 5.32 Å². The lowest BCUT2D eigenvalue weighted by atomic mass is 10.1. The van der Waals surface area contributed by atoms with Crippen LogP contribution in [-0.2, 0) is 6.42 Å². The molecule has 0 saturated heterocycles. The van der Waals surface area contributed by atoms with E-state index >= 15 is 0 Å². The van der Waals surface area contributed by atoms with E-state index in [0.717, 1.165) is 25.8 Å². The summed E-state index contributed by atoms with van der Waals surface area (Å²) < 4.78 is 0. The van der Waals surface area contributed by atoms with Gasteiger partial charge in [-0.1, -0.05) is 30.3 Å². The summed E-state index contributed by atoms with van der Waals surface area (Å²) in [5.74, 6) is 0. The maximum atomic E-state index is 8.40. The molecule has 1 unspecified atom stereocenters. The zero-order valence-corrected chi connectivity index (χ0v) is 9.95. The Morgan fingerprint density at radius 3 is 2.69 bits per heavy atom. The summed E-state index contributed by atoms with van der Waals surface area (Å²) in [6.07, 6.45) is 3.84. The highest BCUT2D eigenvalue weighted by atomic mass is 14.9. The van der Waals surface area contributed by atoms with Crippen molar-refractivity contribution >= 4 is 0 Å². The molecule has 0 saturated carbocycles. The molecule has 16 heavy (non-hydrogen) atoms. The minimum absolute atomic E-state index is 0.504. The predicted octanol–water partition coefficient (Wildman–Crippen LogP) is 2.90. The van der Waals surface area contributed by atoms with Gasteiger partial charge in [-0.15, -0.1) is 0 Å². The molecule has 2 heteroatoms. The van der Waals surface area contributed by atoms with E-state index in [-0.39, 0.29) is 0 Å². The Labute approximate surface area is 98.3 Å². The van der Waals surface area contributed by atoms with E-state index in [1.807, 2.05) is 6.07 Å². The summed E-state index contributed by atoms with van der Waals surface area (Å²) in [7, 11) is 0. The van der Waals surface area contributed by atoms with Crippen LogP contribution in [0.1, 0.15) is 31.7 Å². The SMILES string of the molecule is CC(Cc1ccccc1)NCCCCC#N. The second-order valence-electron chi connectivity index (χ2n) is 4.16. The summed E-state index contributed by atoms with van der Waals surface area (Å²) in [6.45, 7) is 3.22. The molecular weight excluding hydrogens is 196 g/mol. The summed E-state index contributed by atoms with van der Waals surface area (Å²) in [4.78, 5) is 0. The number of unbranched alkanes of at least 4 members (excludes halogenated alkanes) is 2. The molecule has 2 nitrogen and oxygen atoms in total. The number of hydrogen-bond acceptors (Lipinski definition) is 2. The van der Waals surface area contributed by atoms with E-state index < -0.39 is 0 Å². The first-order valence-corrected chi connectivity index (χ1v) is 5.97. The molecule has 0 amide bonds. The van der Waals surface area contributed by atoms with Gasteiger partial charge in [0.25, 0.3) is 0 Å². The third-order valence-corrected chi connectivity index (χ3v) is 2.59. The van der Waals surface area contributed by atoms with Crippen molar-refractivity contribution in [2.24, 2.45) is 0 Å². The minimum Gasteiger partial charge on any atom is -0.314 e. The van der Waals surface area contributed by atoms with E-state index in [0.29, 0.717) is 12.5 Å². The average molecular weight is 216 g/mol. The molecule has 0 radical (unpaired) electrons. The second-order valence-corrected chi connectivity index (χ2v) is 4.16. The molecule has 0 aliphatic heterocycles. The van der Waals surface area contributed by atoms with Gasteiger partial charge in [0.1, 0.15) is 0 Å². The highest BCUT2D eigenvalue weighted by Crippen LogP contribution is 2.02. The first-order chi connectivity index (χ1) is 7.83. The summed E-state index contributed by atoms with van der Waals surface area (Å²) in [5.41, 5.74) is 1.37. The lowest BCUT2D eigenvalue weighted by molar-refractivity contribution is 0.527. The number of nitriles is 1. The van der Waals surface area contributed by atoms with Crippen LogP contribution in [0.4, 0.5) is 0 Å². The maximum Gasteiger partial charge on any atom is 0.0621 e. The lowest BCUT2D eigenvalue weighted by Crippen LogP contribution is -2.28. The highest BCUT2D eigenvalue weighted by Gasteiger charge is 2.01. The van der Waals surface area contributed by atoms with Crippen molar-refractivity contribution in [1.82, 2.24) is 5.32 Å². The van der Waals surface area contributed by atoms with Gasteiger partial charge in [-0.3, -0.25) is 0 Å². The number of hydrogen-bond donors (Lipinski definition) is 1. The molecule has 0 aliphatic carbocycles.